The van der Waals surface area contributed by atoms with Gasteiger partial charge in [0.2, 0.25) is 0 Å². The van der Waals surface area contributed by atoms with E-state index in [1.165, 1.54) is 0 Å². The number of carbonyl (C=O) groups excluding carboxylic acids is 1. The molecule has 0 atom stereocenters. The molecule has 1 saturated carbocycles. The van der Waals surface area contributed by atoms with Crippen molar-refractivity contribution in [3.63, 3.8) is 0 Å². The smallest absolute Gasteiger partial charge is 0.147 e. The largest absolute Gasteiger partial charge is 0.298 e. The second kappa shape index (κ2) is 3.31. The van der Waals surface area contributed by atoms with Gasteiger partial charge in [-0.25, -0.2) is 0 Å². The van der Waals surface area contributed by atoms with Gasteiger partial charge in [-0.2, -0.15) is 0 Å². The molecule has 0 unspecified atom stereocenters. The topological polar surface area (TPSA) is 17.1 Å². The Bertz CT molecular complexity index is 402. The Labute approximate surface area is 84.1 Å². The summed E-state index contributed by atoms with van der Waals surface area (Å²) in [7, 11) is 0. The molecule has 0 spiro atoms. The van der Waals surface area contributed by atoms with Crippen LogP contribution in [0.25, 0.3) is 0 Å². The summed E-state index contributed by atoms with van der Waals surface area (Å²) in [6.07, 6.45) is 1.87. The maximum absolute atomic E-state index is 11.2. The molecule has 1 aromatic carbocycles. The van der Waals surface area contributed by atoms with E-state index in [0.29, 0.717) is 0 Å². The maximum atomic E-state index is 11.2. The SMILES string of the molecule is CC(=O)C1(C#Cc2ccccc2)CC1. The van der Waals surface area contributed by atoms with Gasteiger partial charge < -0.3 is 0 Å². The van der Waals surface area contributed by atoms with Crippen molar-refractivity contribution in [2.45, 2.75) is 19.8 Å². The van der Waals surface area contributed by atoms with E-state index in [-0.39, 0.29) is 11.2 Å². The molecule has 2 rings (SSSR count). The number of benzene rings is 1. The third-order valence-electron chi connectivity index (χ3n) is 2.64. The Kier molecular flexibility index (Phi) is 2.13. The van der Waals surface area contributed by atoms with Crippen molar-refractivity contribution in [3.05, 3.63) is 35.9 Å². The Morgan fingerprint density at radius 3 is 2.43 bits per heavy atom. The third-order valence-corrected chi connectivity index (χ3v) is 2.64. The van der Waals surface area contributed by atoms with Crippen molar-refractivity contribution in [3.8, 4) is 11.8 Å². The van der Waals surface area contributed by atoms with Crippen molar-refractivity contribution < 1.29 is 4.79 Å². The highest BCUT2D eigenvalue weighted by Gasteiger charge is 2.45. The van der Waals surface area contributed by atoms with E-state index in [1.807, 2.05) is 30.3 Å². The molecule has 70 valence electrons. The zero-order valence-electron chi connectivity index (χ0n) is 8.21. The molecule has 1 aliphatic carbocycles. The predicted molar refractivity (Wildman–Crippen MR) is 55.7 cm³/mol. The fourth-order valence-corrected chi connectivity index (χ4v) is 1.40. The number of rotatable bonds is 1. The molecule has 1 heteroatoms. The van der Waals surface area contributed by atoms with E-state index < -0.39 is 0 Å². The van der Waals surface area contributed by atoms with Crippen molar-refractivity contribution in [1.82, 2.24) is 0 Å². The lowest BCUT2D eigenvalue weighted by Gasteiger charge is -1.98. The molecular weight excluding hydrogens is 172 g/mol. The minimum absolute atomic E-state index is 0.209. The first-order chi connectivity index (χ1) is 6.73. The zero-order chi connectivity index (χ0) is 10.0. The van der Waals surface area contributed by atoms with Gasteiger partial charge in [0.15, 0.2) is 0 Å². The molecule has 1 fully saturated rings. The van der Waals surface area contributed by atoms with Crippen LogP contribution < -0.4 is 0 Å². The molecule has 0 aliphatic heterocycles. The van der Waals surface area contributed by atoms with E-state index in [9.17, 15) is 4.79 Å². The first-order valence-corrected chi connectivity index (χ1v) is 4.82. The predicted octanol–water partition coefficient (Wildman–Crippen LogP) is 2.41. The Hall–Kier alpha value is -1.55. The summed E-state index contributed by atoms with van der Waals surface area (Å²) >= 11 is 0. The van der Waals surface area contributed by atoms with Crippen molar-refractivity contribution >= 4 is 5.78 Å². The van der Waals surface area contributed by atoms with Crippen LogP contribution in [0, 0.1) is 17.3 Å². The highest BCUT2D eigenvalue weighted by Crippen LogP contribution is 2.45. The zero-order valence-corrected chi connectivity index (χ0v) is 8.21. The number of hydrogen-bond acceptors (Lipinski definition) is 1. The lowest BCUT2D eigenvalue weighted by molar-refractivity contribution is -0.120. The average Bonchev–Trinajstić information content (AvgIpc) is 2.97. The van der Waals surface area contributed by atoms with Crippen LogP contribution in [0.4, 0.5) is 0 Å². The minimum atomic E-state index is -0.296. The summed E-state index contributed by atoms with van der Waals surface area (Å²) in [6, 6.07) is 9.80. The van der Waals surface area contributed by atoms with Gasteiger partial charge in [-0.3, -0.25) is 4.79 Å². The summed E-state index contributed by atoms with van der Waals surface area (Å²) in [4.78, 5) is 11.2. The van der Waals surface area contributed by atoms with Crippen LogP contribution in [-0.2, 0) is 4.79 Å². The summed E-state index contributed by atoms with van der Waals surface area (Å²) in [5.74, 6) is 6.35. The molecule has 1 aliphatic rings. The Morgan fingerprint density at radius 2 is 1.93 bits per heavy atom. The van der Waals surface area contributed by atoms with E-state index in [2.05, 4.69) is 11.8 Å². The van der Waals surface area contributed by atoms with E-state index in [1.54, 1.807) is 6.92 Å². The van der Waals surface area contributed by atoms with Gasteiger partial charge in [-0.1, -0.05) is 30.0 Å². The second-order valence-corrected chi connectivity index (χ2v) is 3.75. The Morgan fingerprint density at radius 1 is 1.29 bits per heavy atom. The van der Waals surface area contributed by atoms with Crippen LogP contribution in [-0.4, -0.2) is 5.78 Å². The summed E-state index contributed by atoms with van der Waals surface area (Å²) < 4.78 is 0. The molecular formula is C13H12O. The fourth-order valence-electron chi connectivity index (χ4n) is 1.40. The maximum Gasteiger partial charge on any atom is 0.147 e. The number of ketones is 1. The van der Waals surface area contributed by atoms with Gasteiger partial charge in [-0.15, -0.1) is 0 Å². The molecule has 0 radical (unpaired) electrons. The van der Waals surface area contributed by atoms with Crippen LogP contribution in [0.1, 0.15) is 25.3 Å². The van der Waals surface area contributed by atoms with Crippen LogP contribution in [0.2, 0.25) is 0 Å². The van der Waals surface area contributed by atoms with Gasteiger partial charge in [0.05, 0.1) is 5.41 Å². The summed E-state index contributed by atoms with van der Waals surface area (Å²) in [6.45, 7) is 1.63. The molecule has 0 bridgehead atoms. The first kappa shape index (κ1) is 9.02. The highest BCUT2D eigenvalue weighted by molar-refractivity contribution is 5.88. The average molecular weight is 184 g/mol. The van der Waals surface area contributed by atoms with Gasteiger partial charge in [-0.05, 0) is 31.9 Å². The van der Waals surface area contributed by atoms with Gasteiger partial charge in [0.25, 0.3) is 0 Å². The third kappa shape index (κ3) is 1.70. The quantitative estimate of drug-likeness (QED) is 0.612. The van der Waals surface area contributed by atoms with Gasteiger partial charge in [0, 0.05) is 5.56 Å². The van der Waals surface area contributed by atoms with Crippen LogP contribution in [0.15, 0.2) is 30.3 Å². The molecule has 0 N–H and O–H groups in total. The van der Waals surface area contributed by atoms with Gasteiger partial charge >= 0.3 is 0 Å². The molecule has 14 heavy (non-hydrogen) atoms. The molecule has 0 amide bonds. The number of carbonyl (C=O) groups is 1. The molecule has 0 saturated heterocycles. The summed E-state index contributed by atoms with van der Waals surface area (Å²) in [5, 5.41) is 0. The molecule has 0 aromatic heterocycles. The fraction of sp³-hybridized carbons (Fsp3) is 0.308. The lowest BCUT2D eigenvalue weighted by Crippen LogP contribution is -2.08. The standard InChI is InChI=1S/C13H12O/c1-11(14)13(9-10-13)8-7-12-5-3-2-4-6-12/h2-6H,9-10H2,1H3. The molecule has 1 nitrogen and oxygen atoms in total. The first-order valence-electron chi connectivity index (χ1n) is 4.82. The monoisotopic (exact) mass is 184 g/mol. The van der Waals surface area contributed by atoms with E-state index in [0.717, 1.165) is 18.4 Å². The van der Waals surface area contributed by atoms with Crippen LogP contribution in [0.5, 0.6) is 0 Å². The van der Waals surface area contributed by atoms with Gasteiger partial charge in [0.1, 0.15) is 5.78 Å². The number of Topliss-reactive ketones (excluding diaryl/α,β-unsaturated/α-hetero) is 1. The summed E-state index contributed by atoms with van der Waals surface area (Å²) in [5.41, 5.74) is 0.690. The van der Waals surface area contributed by atoms with Crippen molar-refractivity contribution in [1.29, 1.82) is 0 Å². The number of hydrogen-bond donors (Lipinski definition) is 0. The van der Waals surface area contributed by atoms with E-state index >= 15 is 0 Å². The minimum Gasteiger partial charge on any atom is -0.298 e. The highest BCUT2D eigenvalue weighted by atomic mass is 16.1. The van der Waals surface area contributed by atoms with Crippen LogP contribution in [0.3, 0.4) is 0 Å². The molecule has 0 heterocycles. The van der Waals surface area contributed by atoms with Crippen molar-refractivity contribution in [2.24, 2.45) is 5.41 Å². The molecule has 1 aromatic rings. The van der Waals surface area contributed by atoms with Crippen molar-refractivity contribution in [2.75, 3.05) is 0 Å². The van der Waals surface area contributed by atoms with E-state index in [4.69, 9.17) is 0 Å². The normalized spacial score (nSPS) is 16.6. The lowest BCUT2D eigenvalue weighted by atomic mass is 10.0. The Balaban J connectivity index is 2.19. The van der Waals surface area contributed by atoms with Crippen LogP contribution >= 0.6 is 0 Å². The second-order valence-electron chi connectivity index (χ2n) is 3.75.